The molecule has 1 aromatic rings. The van der Waals surface area contributed by atoms with Gasteiger partial charge in [-0.05, 0) is 50.5 Å². The zero-order chi connectivity index (χ0) is 28.5. The Morgan fingerprint density at radius 3 is 2.61 bits per heavy atom. The maximum absolute atomic E-state index is 12.6. The van der Waals surface area contributed by atoms with E-state index in [9.17, 15) is 24.9 Å². The van der Waals surface area contributed by atoms with E-state index in [0.717, 1.165) is 17.0 Å². The van der Waals surface area contributed by atoms with Gasteiger partial charge in [-0.1, -0.05) is 51.1 Å². The van der Waals surface area contributed by atoms with Crippen molar-refractivity contribution >= 4 is 11.9 Å². The molecule has 1 unspecified atom stereocenters. The molecule has 38 heavy (non-hydrogen) atoms. The summed E-state index contributed by atoms with van der Waals surface area (Å²) in [5, 5.41) is 30.7. The monoisotopic (exact) mass is 529 g/mol. The maximum Gasteiger partial charge on any atom is 0.309 e. The minimum absolute atomic E-state index is 0.0166. The van der Waals surface area contributed by atoms with Crippen molar-refractivity contribution in [3.8, 4) is 0 Å². The number of aliphatic hydroxyl groups excluding tert-OH is 2. The number of carbonyl (C=O) groups is 2. The van der Waals surface area contributed by atoms with E-state index in [0.29, 0.717) is 0 Å². The van der Waals surface area contributed by atoms with Crippen LogP contribution in [0.2, 0.25) is 0 Å². The third-order valence-corrected chi connectivity index (χ3v) is 6.86. The van der Waals surface area contributed by atoms with Crippen LogP contribution in [-0.4, -0.2) is 62.8 Å². The van der Waals surface area contributed by atoms with Crippen LogP contribution in [0.15, 0.2) is 54.2 Å². The van der Waals surface area contributed by atoms with E-state index in [4.69, 9.17) is 9.47 Å². The molecule has 0 saturated heterocycles. The first-order valence-corrected chi connectivity index (χ1v) is 13.2. The summed E-state index contributed by atoms with van der Waals surface area (Å²) in [5.41, 5.74) is 1.10. The molecule has 7 atom stereocenters. The molecular formula is C30H43NO7. The lowest BCUT2D eigenvalue weighted by Crippen LogP contribution is -2.42. The van der Waals surface area contributed by atoms with Crippen molar-refractivity contribution in [1.82, 2.24) is 4.98 Å². The first-order chi connectivity index (χ1) is 17.8. The van der Waals surface area contributed by atoms with E-state index in [1.54, 1.807) is 19.1 Å². The van der Waals surface area contributed by atoms with Gasteiger partial charge in [-0.3, -0.25) is 14.6 Å². The van der Waals surface area contributed by atoms with Crippen LogP contribution in [0.4, 0.5) is 0 Å². The number of esters is 2. The number of cyclic esters (lactones) is 1. The van der Waals surface area contributed by atoms with Gasteiger partial charge in [0, 0.05) is 36.1 Å². The van der Waals surface area contributed by atoms with Gasteiger partial charge in [-0.2, -0.15) is 0 Å². The highest BCUT2D eigenvalue weighted by Gasteiger charge is 2.35. The second-order valence-electron chi connectivity index (χ2n) is 10.6. The van der Waals surface area contributed by atoms with Crippen LogP contribution in [0.25, 0.3) is 0 Å². The number of aromatic nitrogens is 1. The van der Waals surface area contributed by atoms with Crippen molar-refractivity contribution in [3.05, 3.63) is 65.5 Å². The van der Waals surface area contributed by atoms with Crippen LogP contribution in [0.1, 0.15) is 84.0 Å². The Hall–Kier alpha value is -2.81. The second-order valence-corrected chi connectivity index (χ2v) is 10.6. The first kappa shape index (κ1) is 31.4. The smallest absolute Gasteiger partial charge is 0.309 e. The van der Waals surface area contributed by atoms with Gasteiger partial charge in [0.1, 0.15) is 17.8 Å². The standard InChI is InChI=1S/C30H43NO7/c1-19(25-11-8-12-26(31-25)22(4)18-32)9-7-10-20(2)29-21(3)13-14-27(37-23(5)33)30(6,36)16-15-24(34)17-28(35)38-29/h7-14,19,21-22,24,27,29,32,34,36H,15-18H2,1-6H3/b9-7+,14-13+,20-10+/t19?,21-,22-,24-,27+,29+,30-/m0/s1. The highest BCUT2D eigenvalue weighted by molar-refractivity contribution is 5.70. The van der Waals surface area contributed by atoms with Crippen molar-refractivity contribution in [1.29, 1.82) is 0 Å². The molecule has 0 spiro atoms. The number of ether oxygens (including phenoxy) is 2. The number of hydrogen-bond donors (Lipinski definition) is 3. The number of allylic oxidation sites excluding steroid dienone is 3. The Bertz CT molecular complexity index is 1030. The highest BCUT2D eigenvalue weighted by atomic mass is 16.6. The zero-order valence-corrected chi connectivity index (χ0v) is 23.3. The highest BCUT2D eigenvalue weighted by Crippen LogP contribution is 2.27. The third-order valence-electron chi connectivity index (χ3n) is 6.86. The van der Waals surface area contributed by atoms with Gasteiger partial charge in [0.15, 0.2) is 0 Å². The van der Waals surface area contributed by atoms with Gasteiger partial charge in [0.2, 0.25) is 0 Å². The van der Waals surface area contributed by atoms with E-state index < -0.39 is 35.9 Å². The first-order valence-electron chi connectivity index (χ1n) is 13.2. The Labute approximate surface area is 226 Å². The van der Waals surface area contributed by atoms with Gasteiger partial charge in [0.25, 0.3) is 0 Å². The van der Waals surface area contributed by atoms with Crippen LogP contribution in [0, 0.1) is 5.92 Å². The quantitative estimate of drug-likeness (QED) is 0.274. The lowest BCUT2D eigenvalue weighted by molar-refractivity contribution is -0.157. The number of rotatable bonds is 7. The molecule has 1 aromatic heterocycles. The van der Waals surface area contributed by atoms with E-state index in [-0.39, 0.29) is 43.6 Å². The molecule has 8 heteroatoms. The maximum atomic E-state index is 12.6. The Morgan fingerprint density at radius 2 is 1.95 bits per heavy atom. The van der Waals surface area contributed by atoms with Crippen molar-refractivity contribution in [2.24, 2.45) is 5.92 Å². The molecule has 3 N–H and O–H groups in total. The molecule has 1 aliphatic heterocycles. The van der Waals surface area contributed by atoms with Crippen molar-refractivity contribution in [2.75, 3.05) is 6.61 Å². The summed E-state index contributed by atoms with van der Waals surface area (Å²) >= 11 is 0. The average Bonchev–Trinajstić information content (AvgIpc) is 2.86. The van der Waals surface area contributed by atoms with Crippen LogP contribution in [0.3, 0.4) is 0 Å². The fraction of sp³-hybridized carbons (Fsp3) is 0.567. The normalized spacial score (nSPS) is 30.0. The zero-order valence-electron chi connectivity index (χ0n) is 23.3. The summed E-state index contributed by atoms with van der Waals surface area (Å²) in [4.78, 5) is 28.9. The number of carbonyl (C=O) groups excluding carboxylic acids is 2. The topological polar surface area (TPSA) is 126 Å². The van der Waals surface area contributed by atoms with Crippen molar-refractivity contribution in [2.45, 2.75) is 96.6 Å². The van der Waals surface area contributed by atoms with Gasteiger partial charge in [-0.15, -0.1) is 0 Å². The minimum Gasteiger partial charge on any atom is -0.457 e. The van der Waals surface area contributed by atoms with Gasteiger partial charge in [0.05, 0.1) is 19.1 Å². The van der Waals surface area contributed by atoms with Crippen molar-refractivity contribution < 1.29 is 34.4 Å². The van der Waals surface area contributed by atoms with Crippen LogP contribution in [0.5, 0.6) is 0 Å². The summed E-state index contributed by atoms with van der Waals surface area (Å²) in [6.45, 7) is 10.6. The van der Waals surface area contributed by atoms with Gasteiger partial charge >= 0.3 is 11.9 Å². The average molecular weight is 530 g/mol. The van der Waals surface area contributed by atoms with E-state index in [2.05, 4.69) is 4.98 Å². The molecule has 0 amide bonds. The second kappa shape index (κ2) is 14.4. The van der Waals surface area contributed by atoms with Crippen LogP contribution in [-0.2, 0) is 19.1 Å². The molecule has 0 aliphatic carbocycles. The van der Waals surface area contributed by atoms with Crippen LogP contribution < -0.4 is 0 Å². The molecule has 0 bridgehead atoms. The Kier molecular flexibility index (Phi) is 11.9. The molecule has 8 nitrogen and oxygen atoms in total. The van der Waals surface area contributed by atoms with E-state index >= 15 is 0 Å². The Morgan fingerprint density at radius 1 is 1.26 bits per heavy atom. The molecular weight excluding hydrogens is 486 g/mol. The Balaban J connectivity index is 2.29. The van der Waals surface area contributed by atoms with Gasteiger partial charge in [-0.25, -0.2) is 0 Å². The molecule has 2 rings (SSSR count). The number of aliphatic hydroxyl groups is 3. The van der Waals surface area contributed by atoms with Crippen LogP contribution >= 0.6 is 0 Å². The minimum atomic E-state index is -1.41. The van der Waals surface area contributed by atoms with Crippen molar-refractivity contribution in [3.63, 3.8) is 0 Å². The lowest BCUT2D eigenvalue weighted by atomic mass is 9.88. The lowest BCUT2D eigenvalue weighted by Gasteiger charge is -2.32. The number of nitrogens with zero attached hydrogens (tertiary/aromatic N) is 1. The molecule has 0 radical (unpaired) electrons. The summed E-state index contributed by atoms with van der Waals surface area (Å²) in [6, 6.07) is 5.78. The number of pyridine rings is 1. The SMILES string of the molecule is CC(=O)O[C@@H]1/C=C/[C@H](C)[C@@H](/C(C)=C/C=C/C(C)c2cccc([C@@H](C)CO)n2)OC(=O)C[C@@H](O)CC[C@]1(C)O. The van der Waals surface area contributed by atoms with Gasteiger partial charge < -0.3 is 24.8 Å². The van der Waals surface area contributed by atoms with E-state index in [1.165, 1.54) is 6.92 Å². The fourth-order valence-corrected chi connectivity index (χ4v) is 4.29. The predicted molar refractivity (Wildman–Crippen MR) is 145 cm³/mol. The largest absolute Gasteiger partial charge is 0.457 e. The van der Waals surface area contributed by atoms with E-state index in [1.807, 2.05) is 64.1 Å². The molecule has 0 fully saturated rings. The molecule has 210 valence electrons. The number of hydrogen-bond acceptors (Lipinski definition) is 8. The predicted octanol–water partition coefficient (Wildman–Crippen LogP) is 4.12. The molecule has 0 saturated carbocycles. The molecule has 0 aromatic carbocycles. The summed E-state index contributed by atoms with van der Waals surface area (Å²) < 4.78 is 11.1. The molecule has 1 aliphatic rings. The summed E-state index contributed by atoms with van der Waals surface area (Å²) in [5.74, 6) is -1.37. The summed E-state index contributed by atoms with van der Waals surface area (Å²) in [7, 11) is 0. The fourth-order valence-electron chi connectivity index (χ4n) is 4.29. The summed E-state index contributed by atoms with van der Waals surface area (Å²) in [6.07, 6.45) is 6.73. The molecule has 2 heterocycles. The third kappa shape index (κ3) is 9.49.